The standard InChI is InChI=1S/C36H29F7N6O2/c1-17-29-22(5-4-6-26(29)47-46-17)23-8-7-21(9-10-34(2,3)51)44-31(23)27(13-18-11-19(37)14-20(38)12-18)45-28(50)16-49-33-30(32(48-49)36(41,42)43)24-15-25(24)35(33,39)40/h4-8,11-12,14,24-25,27,51H,13,15-16H2,1-3H3,(H,45,50)(H,46,47)/t24-,25+,27-/m0/s1. The van der Waals surface area contributed by atoms with Crippen molar-refractivity contribution in [1.29, 1.82) is 0 Å². The van der Waals surface area contributed by atoms with Crippen molar-refractivity contribution in [2.45, 2.75) is 69.8 Å². The summed E-state index contributed by atoms with van der Waals surface area (Å²) in [6, 6.07) is 10.0. The summed E-state index contributed by atoms with van der Waals surface area (Å²) < 4.78 is 102. The van der Waals surface area contributed by atoms with Gasteiger partial charge in [0.1, 0.15) is 35.2 Å². The van der Waals surface area contributed by atoms with E-state index >= 15 is 8.78 Å². The lowest BCUT2D eigenvalue weighted by atomic mass is 9.92. The maximum Gasteiger partial charge on any atom is 0.435 e. The van der Waals surface area contributed by atoms with Gasteiger partial charge in [0, 0.05) is 34.2 Å². The normalized spacial score (nSPS) is 18.2. The predicted molar refractivity (Wildman–Crippen MR) is 170 cm³/mol. The number of H-pyrrole nitrogens is 1. The molecule has 2 aliphatic rings. The Balaban J connectivity index is 1.35. The van der Waals surface area contributed by atoms with Crippen molar-refractivity contribution in [2.24, 2.45) is 5.92 Å². The van der Waals surface area contributed by atoms with E-state index in [2.05, 4.69) is 32.5 Å². The summed E-state index contributed by atoms with van der Waals surface area (Å²) >= 11 is 0. The molecule has 7 rings (SSSR count). The number of pyridine rings is 1. The van der Waals surface area contributed by atoms with E-state index in [1.54, 1.807) is 37.3 Å². The number of halogens is 7. The van der Waals surface area contributed by atoms with Gasteiger partial charge in [-0.25, -0.2) is 13.8 Å². The fourth-order valence-electron chi connectivity index (χ4n) is 6.86. The fourth-order valence-corrected chi connectivity index (χ4v) is 6.86. The monoisotopic (exact) mass is 710 g/mol. The Morgan fingerprint density at radius 2 is 1.84 bits per heavy atom. The molecule has 1 amide bonds. The molecule has 0 spiro atoms. The van der Waals surface area contributed by atoms with Gasteiger partial charge >= 0.3 is 6.18 Å². The number of aromatic nitrogens is 5. The SMILES string of the molecule is Cc1[nH]nc2cccc(-c3ccc(C#CC(C)(C)O)nc3[C@H](Cc3cc(F)cc(F)c3)NC(=O)Cn3nc(C(F)(F)F)c4c3C(F)(F)[C@@H]3C[C@H]43)c12. The van der Waals surface area contributed by atoms with Crippen LogP contribution in [0.25, 0.3) is 22.0 Å². The molecule has 264 valence electrons. The first-order chi connectivity index (χ1) is 23.9. The minimum atomic E-state index is -5.03. The molecular formula is C36H29F7N6O2. The third-order valence-corrected chi connectivity index (χ3v) is 8.99. The summed E-state index contributed by atoms with van der Waals surface area (Å²) in [6.45, 7) is 3.71. The van der Waals surface area contributed by atoms with Gasteiger partial charge in [0.25, 0.3) is 5.92 Å². The number of amides is 1. The maximum atomic E-state index is 15.3. The zero-order valence-electron chi connectivity index (χ0n) is 27.3. The lowest BCUT2D eigenvalue weighted by molar-refractivity contribution is -0.142. The minimum Gasteiger partial charge on any atom is -0.378 e. The molecule has 1 fully saturated rings. The summed E-state index contributed by atoms with van der Waals surface area (Å²) in [5, 5.41) is 24.3. The third kappa shape index (κ3) is 6.44. The van der Waals surface area contributed by atoms with Crippen molar-refractivity contribution in [3.63, 3.8) is 0 Å². The van der Waals surface area contributed by atoms with Gasteiger partial charge in [0.15, 0.2) is 5.69 Å². The summed E-state index contributed by atoms with van der Waals surface area (Å²) in [6.07, 6.45) is -5.43. The molecule has 2 aromatic carbocycles. The zero-order chi connectivity index (χ0) is 36.6. The van der Waals surface area contributed by atoms with E-state index in [0.29, 0.717) is 38.5 Å². The van der Waals surface area contributed by atoms with E-state index in [4.69, 9.17) is 4.98 Å². The van der Waals surface area contributed by atoms with Crippen LogP contribution in [-0.2, 0) is 29.9 Å². The number of alkyl halides is 5. The first-order valence-corrected chi connectivity index (χ1v) is 15.9. The predicted octanol–water partition coefficient (Wildman–Crippen LogP) is 6.86. The maximum absolute atomic E-state index is 15.3. The molecule has 0 radical (unpaired) electrons. The molecule has 0 bridgehead atoms. The second-order valence-electron chi connectivity index (χ2n) is 13.4. The van der Waals surface area contributed by atoms with E-state index in [1.165, 1.54) is 13.8 Å². The molecule has 0 saturated heterocycles. The molecule has 3 N–H and O–H groups in total. The smallest absolute Gasteiger partial charge is 0.378 e. The van der Waals surface area contributed by atoms with Crippen molar-refractivity contribution in [3.05, 3.63) is 99.8 Å². The highest BCUT2D eigenvalue weighted by molar-refractivity contribution is 5.97. The molecule has 5 aromatic rings. The molecule has 0 aliphatic heterocycles. The van der Waals surface area contributed by atoms with Crippen molar-refractivity contribution in [2.75, 3.05) is 0 Å². The van der Waals surface area contributed by atoms with Crippen LogP contribution < -0.4 is 5.32 Å². The average molecular weight is 711 g/mol. The molecule has 3 heterocycles. The van der Waals surface area contributed by atoms with Gasteiger partial charge in [-0.3, -0.25) is 14.6 Å². The first kappa shape index (κ1) is 34.2. The number of hydrogen-bond acceptors (Lipinski definition) is 5. The number of hydrogen-bond donors (Lipinski definition) is 3. The van der Waals surface area contributed by atoms with Gasteiger partial charge in [0.2, 0.25) is 5.91 Å². The lowest BCUT2D eigenvalue weighted by Crippen LogP contribution is -2.35. The number of carbonyl (C=O) groups excluding carboxylic acids is 1. The van der Waals surface area contributed by atoms with Gasteiger partial charge in [0.05, 0.1) is 17.3 Å². The molecule has 3 atom stereocenters. The van der Waals surface area contributed by atoms with Crippen molar-refractivity contribution in [1.82, 2.24) is 30.3 Å². The number of aromatic amines is 1. The van der Waals surface area contributed by atoms with Gasteiger partial charge in [-0.2, -0.15) is 32.1 Å². The average Bonchev–Trinajstić information content (AvgIpc) is 3.53. The number of nitrogens with one attached hydrogen (secondary N) is 2. The zero-order valence-corrected chi connectivity index (χ0v) is 27.3. The van der Waals surface area contributed by atoms with Gasteiger partial charge in [-0.05, 0) is 86.9 Å². The van der Waals surface area contributed by atoms with Crippen LogP contribution in [0.3, 0.4) is 0 Å². The number of rotatable bonds is 7. The van der Waals surface area contributed by atoms with Gasteiger partial charge in [-0.1, -0.05) is 18.1 Å². The van der Waals surface area contributed by atoms with Gasteiger partial charge in [-0.15, -0.1) is 0 Å². The van der Waals surface area contributed by atoms with Crippen LogP contribution in [0.5, 0.6) is 0 Å². The molecule has 8 nitrogen and oxygen atoms in total. The quantitative estimate of drug-likeness (QED) is 0.126. The molecule has 3 aromatic heterocycles. The molecule has 2 aliphatic carbocycles. The Morgan fingerprint density at radius 3 is 2.53 bits per heavy atom. The van der Waals surface area contributed by atoms with Crippen LogP contribution >= 0.6 is 0 Å². The van der Waals surface area contributed by atoms with Crippen LogP contribution in [0.4, 0.5) is 30.7 Å². The molecule has 51 heavy (non-hydrogen) atoms. The van der Waals surface area contributed by atoms with Crippen LogP contribution in [0, 0.1) is 36.3 Å². The number of benzene rings is 2. The number of nitrogens with zero attached hydrogens (tertiary/aromatic N) is 4. The van der Waals surface area contributed by atoms with E-state index < -0.39 is 76.6 Å². The Hall–Kier alpha value is -5.23. The van der Waals surface area contributed by atoms with E-state index in [0.717, 1.165) is 12.1 Å². The molecule has 1 saturated carbocycles. The Kier molecular flexibility index (Phi) is 8.01. The molecule has 15 heteroatoms. The highest BCUT2D eigenvalue weighted by Crippen LogP contribution is 2.68. The highest BCUT2D eigenvalue weighted by atomic mass is 19.4. The fraction of sp³-hybridized carbons (Fsp3) is 0.333. The molecular weight excluding hydrogens is 681 g/mol. The summed E-state index contributed by atoms with van der Waals surface area (Å²) in [5.41, 5.74) is -1.70. The van der Waals surface area contributed by atoms with Gasteiger partial charge < -0.3 is 10.4 Å². The summed E-state index contributed by atoms with van der Waals surface area (Å²) in [5.74, 6) is -3.32. The van der Waals surface area contributed by atoms with E-state index in [-0.39, 0.29) is 29.8 Å². The van der Waals surface area contributed by atoms with Crippen LogP contribution in [0.2, 0.25) is 0 Å². The number of aliphatic hydroxyl groups is 1. The highest BCUT2D eigenvalue weighted by Gasteiger charge is 2.68. The third-order valence-electron chi connectivity index (χ3n) is 8.99. The van der Waals surface area contributed by atoms with Crippen LogP contribution in [-0.4, -0.2) is 41.6 Å². The summed E-state index contributed by atoms with van der Waals surface area (Å²) in [4.78, 5) is 18.4. The Labute approximate surface area is 286 Å². The Bertz CT molecular complexity index is 2260. The first-order valence-electron chi connectivity index (χ1n) is 15.9. The Morgan fingerprint density at radius 1 is 1.12 bits per heavy atom. The number of fused-ring (bicyclic) bond motifs is 4. The lowest BCUT2D eigenvalue weighted by Gasteiger charge is -2.23. The largest absolute Gasteiger partial charge is 0.435 e. The number of carbonyl (C=O) groups is 1. The van der Waals surface area contributed by atoms with Crippen molar-refractivity contribution < 1.29 is 40.6 Å². The molecule has 0 unspecified atom stereocenters. The topological polar surface area (TPSA) is 109 Å². The second kappa shape index (κ2) is 11.9. The van der Waals surface area contributed by atoms with Crippen molar-refractivity contribution >= 4 is 16.8 Å². The van der Waals surface area contributed by atoms with E-state index in [1.807, 2.05) is 0 Å². The van der Waals surface area contributed by atoms with Crippen LogP contribution in [0.15, 0.2) is 48.5 Å². The van der Waals surface area contributed by atoms with Crippen molar-refractivity contribution in [3.8, 4) is 23.0 Å². The van der Waals surface area contributed by atoms with E-state index in [9.17, 15) is 31.9 Å². The van der Waals surface area contributed by atoms with Crippen LogP contribution in [0.1, 0.15) is 71.8 Å². The minimum absolute atomic E-state index is 0.0854. The number of aryl methyl sites for hydroxylation is 1. The summed E-state index contributed by atoms with van der Waals surface area (Å²) in [7, 11) is 0. The second-order valence-corrected chi connectivity index (χ2v) is 13.4.